The molecule has 1 aromatic heterocycles. The van der Waals surface area contributed by atoms with Crippen LogP contribution in [0.25, 0.3) is 0 Å². The molecule has 0 saturated carbocycles. The lowest BCUT2D eigenvalue weighted by atomic mass is 9.84. The van der Waals surface area contributed by atoms with Gasteiger partial charge in [-0.05, 0) is 48.2 Å². The minimum atomic E-state index is -4.56. The number of morpholine rings is 1. The molecule has 0 radical (unpaired) electrons. The van der Waals surface area contributed by atoms with E-state index in [9.17, 15) is 31.5 Å². The van der Waals surface area contributed by atoms with E-state index in [2.05, 4.69) is 15.6 Å². The predicted octanol–water partition coefficient (Wildman–Crippen LogP) is 4.17. The molecule has 45 heavy (non-hydrogen) atoms. The summed E-state index contributed by atoms with van der Waals surface area (Å²) in [6.07, 6.45) is -3.32. The van der Waals surface area contributed by atoms with E-state index in [1.54, 1.807) is 5.32 Å². The number of primary amides is 1. The number of benzene rings is 2. The maximum Gasteiger partial charge on any atom is 0.407 e. The van der Waals surface area contributed by atoms with E-state index in [-0.39, 0.29) is 43.5 Å². The first-order valence-corrected chi connectivity index (χ1v) is 13.9. The number of amides is 2. The molecule has 0 aliphatic carbocycles. The second-order valence-electron chi connectivity index (χ2n) is 10.4. The van der Waals surface area contributed by atoms with Crippen LogP contribution in [-0.2, 0) is 20.7 Å². The number of hydrogen-bond donors (Lipinski definition) is 4. The standard InChI is InChI=1S/C30H31F6N5O4/c31-19-5-1-17(2-6-19)26(18-3-7-20(32)8-4-18)27(28(37)42)41-25-13-38-12-24(33)23(25)10-9-22-11-39-21(14-44-22)15-45-29(43)40-16-30(34,35)36/h1-8,12-13,21-22,26-27,39,41H,9-11,14-16H2,(H2,37,42)(H,40,43)/t21-,22+,27-/m0/s1. The topological polar surface area (TPSA) is 128 Å². The Balaban J connectivity index is 1.42. The monoisotopic (exact) mass is 639 g/mol. The van der Waals surface area contributed by atoms with Crippen LogP contribution in [0.3, 0.4) is 0 Å². The van der Waals surface area contributed by atoms with Crippen LogP contribution in [0.5, 0.6) is 0 Å². The van der Waals surface area contributed by atoms with Crippen LogP contribution in [-0.4, -0.2) is 67.7 Å². The summed E-state index contributed by atoms with van der Waals surface area (Å²) in [6.45, 7) is -1.36. The number of pyridine rings is 1. The zero-order valence-electron chi connectivity index (χ0n) is 23.8. The zero-order chi connectivity index (χ0) is 32.6. The number of rotatable bonds is 12. The van der Waals surface area contributed by atoms with Gasteiger partial charge in [-0.1, -0.05) is 24.3 Å². The fourth-order valence-corrected chi connectivity index (χ4v) is 4.91. The Kier molecular flexibility index (Phi) is 11.2. The lowest BCUT2D eigenvalue weighted by Crippen LogP contribution is -2.49. The second-order valence-corrected chi connectivity index (χ2v) is 10.4. The lowest BCUT2D eigenvalue weighted by Gasteiger charge is -2.31. The zero-order valence-corrected chi connectivity index (χ0v) is 23.8. The highest BCUT2D eigenvalue weighted by molar-refractivity contribution is 5.85. The molecule has 1 aliphatic heterocycles. The summed E-state index contributed by atoms with van der Waals surface area (Å²) in [7, 11) is 0. The van der Waals surface area contributed by atoms with E-state index in [4.69, 9.17) is 15.2 Å². The van der Waals surface area contributed by atoms with Crippen LogP contribution in [0.1, 0.15) is 29.0 Å². The summed E-state index contributed by atoms with van der Waals surface area (Å²) in [5.74, 6) is -3.25. The molecular weight excluding hydrogens is 608 g/mol. The molecular formula is C30H31F6N5O4. The average molecular weight is 640 g/mol. The number of nitrogens with zero attached hydrogens (tertiary/aromatic N) is 1. The predicted molar refractivity (Wildman–Crippen MR) is 151 cm³/mol. The molecule has 0 bridgehead atoms. The summed E-state index contributed by atoms with van der Waals surface area (Å²) in [5, 5.41) is 7.70. The third-order valence-corrected chi connectivity index (χ3v) is 7.15. The van der Waals surface area contributed by atoms with Crippen molar-refractivity contribution in [2.45, 2.75) is 43.1 Å². The number of ether oxygens (including phenoxy) is 2. The Morgan fingerprint density at radius 2 is 1.64 bits per heavy atom. The maximum atomic E-state index is 15.1. The van der Waals surface area contributed by atoms with Crippen LogP contribution in [0, 0.1) is 17.5 Å². The number of anilines is 1. The lowest BCUT2D eigenvalue weighted by molar-refractivity contribution is -0.124. The highest BCUT2D eigenvalue weighted by Crippen LogP contribution is 2.32. The summed E-state index contributed by atoms with van der Waals surface area (Å²) < 4.78 is 89.8. The van der Waals surface area contributed by atoms with Crippen LogP contribution in [0.15, 0.2) is 60.9 Å². The second kappa shape index (κ2) is 15.1. The molecule has 3 aromatic rings. The highest BCUT2D eigenvalue weighted by Gasteiger charge is 2.32. The highest BCUT2D eigenvalue weighted by atomic mass is 19.4. The van der Waals surface area contributed by atoms with Crippen molar-refractivity contribution >= 4 is 17.7 Å². The first-order chi connectivity index (χ1) is 21.4. The van der Waals surface area contributed by atoms with Gasteiger partial charge in [0.25, 0.3) is 0 Å². The SMILES string of the molecule is NC(=O)[C@@H](Nc1cncc(F)c1CC[C@@H]1CN[C@H](COC(=O)NCC(F)(F)F)CO1)C(c1ccc(F)cc1)c1ccc(F)cc1. The molecule has 2 amide bonds. The first kappa shape index (κ1) is 33.5. The molecule has 1 aliphatic rings. The van der Waals surface area contributed by atoms with Crippen LogP contribution >= 0.6 is 0 Å². The van der Waals surface area contributed by atoms with E-state index in [1.165, 1.54) is 54.7 Å². The smallest absolute Gasteiger partial charge is 0.407 e. The van der Waals surface area contributed by atoms with Gasteiger partial charge in [0.05, 0.1) is 36.8 Å². The fraction of sp³-hybridized carbons (Fsp3) is 0.367. The number of carbonyl (C=O) groups is 2. The van der Waals surface area contributed by atoms with Crippen molar-refractivity contribution < 1.29 is 45.4 Å². The van der Waals surface area contributed by atoms with Gasteiger partial charge in [-0.15, -0.1) is 0 Å². The Morgan fingerprint density at radius 1 is 1.02 bits per heavy atom. The molecule has 9 nitrogen and oxygen atoms in total. The fourth-order valence-electron chi connectivity index (χ4n) is 4.91. The van der Waals surface area contributed by atoms with Crippen LogP contribution < -0.4 is 21.7 Å². The summed E-state index contributed by atoms with van der Waals surface area (Å²) in [6, 6.07) is 9.15. The number of aromatic nitrogens is 1. The maximum absolute atomic E-state index is 15.1. The molecule has 5 N–H and O–H groups in total. The number of nitrogens with two attached hydrogens (primary N) is 1. The summed E-state index contributed by atoms with van der Waals surface area (Å²) in [4.78, 5) is 28.2. The molecule has 242 valence electrons. The third kappa shape index (κ3) is 9.81. The Labute approximate surface area is 254 Å². The van der Waals surface area contributed by atoms with Crippen LogP contribution in [0.4, 0.5) is 36.8 Å². The van der Waals surface area contributed by atoms with Gasteiger partial charge in [-0.2, -0.15) is 13.2 Å². The van der Waals surface area contributed by atoms with Crippen molar-refractivity contribution in [3.05, 3.63) is 95.1 Å². The number of alkyl halides is 3. The molecule has 15 heteroatoms. The van der Waals surface area contributed by atoms with E-state index < -0.39 is 60.2 Å². The molecule has 0 unspecified atom stereocenters. The van der Waals surface area contributed by atoms with Crippen molar-refractivity contribution in [1.29, 1.82) is 0 Å². The summed E-state index contributed by atoms with van der Waals surface area (Å²) >= 11 is 0. The molecule has 1 fully saturated rings. The van der Waals surface area contributed by atoms with Crippen molar-refractivity contribution in [3.63, 3.8) is 0 Å². The van der Waals surface area contributed by atoms with Crippen LogP contribution in [0.2, 0.25) is 0 Å². The Morgan fingerprint density at radius 3 is 2.18 bits per heavy atom. The number of halogens is 6. The van der Waals surface area contributed by atoms with Gasteiger partial charge in [0.15, 0.2) is 0 Å². The first-order valence-electron chi connectivity index (χ1n) is 13.9. The molecule has 2 aromatic carbocycles. The molecule has 4 rings (SSSR count). The van der Waals surface area contributed by atoms with Gasteiger partial charge in [0.1, 0.15) is 36.6 Å². The van der Waals surface area contributed by atoms with E-state index in [0.29, 0.717) is 17.5 Å². The van der Waals surface area contributed by atoms with Crippen molar-refractivity contribution in [3.8, 4) is 0 Å². The van der Waals surface area contributed by atoms with E-state index >= 15 is 4.39 Å². The number of nitrogens with one attached hydrogen (secondary N) is 3. The normalized spacial score (nSPS) is 17.5. The largest absolute Gasteiger partial charge is 0.448 e. The minimum Gasteiger partial charge on any atom is -0.448 e. The van der Waals surface area contributed by atoms with Crippen molar-refractivity contribution in [1.82, 2.24) is 15.6 Å². The van der Waals surface area contributed by atoms with Gasteiger partial charge < -0.3 is 31.2 Å². The quantitative estimate of drug-likeness (QED) is 0.219. The average Bonchev–Trinajstić information content (AvgIpc) is 3.00. The number of alkyl carbamates (subject to hydrolysis) is 1. The van der Waals surface area contributed by atoms with E-state index in [1.807, 2.05) is 0 Å². The third-order valence-electron chi connectivity index (χ3n) is 7.15. The van der Waals surface area contributed by atoms with Gasteiger partial charge in [0.2, 0.25) is 5.91 Å². The van der Waals surface area contributed by atoms with E-state index in [0.717, 1.165) is 6.20 Å². The van der Waals surface area contributed by atoms with Gasteiger partial charge in [0, 0.05) is 18.0 Å². The molecule has 3 atom stereocenters. The molecule has 2 heterocycles. The number of hydrogen-bond acceptors (Lipinski definition) is 7. The molecule has 1 saturated heterocycles. The summed E-state index contributed by atoms with van der Waals surface area (Å²) in [5.41, 5.74) is 7.21. The Bertz CT molecular complexity index is 1390. The van der Waals surface area contributed by atoms with Gasteiger partial charge in [-0.3, -0.25) is 9.78 Å². The van der Waals surface area contributed by atoms with Gasteiger partial charge >= 0.3 is 12.3 Å². The molecule has 0 spiro atoms. The number of carbonyl (C=O) groups excluding carboxylic acids is 2. The minimum absolute atomic E-state index is 0.0852. The van der Waals surface area contributed by atoms with Gasteiger partial charge in [-0.25, -0.2) is 18.0 Å². The Hall–Kier alpha value is -4.37. The van der Waals surface area contributed by atoms with Crippen molar-refractivity contribution in [2.24, 2.45) is 5.73 Å². The van der Waals surface area contributed by atoms with Crippen molar-refractivity contribution in [2.75, 3.05) is 31.6 Å².